The second kappa shape index (κ2) is 6.64. The van der Waals surface area contributed by atoms with Crippen LogP contribution < -0.4 is 12.4 Å². The summed E-state index contributed by atoms with van der Waals surface area (Å²) in [5.74, 6) is 0. The van der Waals surface area contributed by atoms with Crippen molar-refractivity contribution in [2.75, 3.05) is 6.16 Å². The highest BCUT2D eigenvalue weighted by molar-refractivity contribution is 7.37. The van der Waals surface area contributed by atoms with Crippen LogP contribution in [-0.4, -0.2) is 6.16 Å². The number of halogens is 1. The molecule has 0 radical (unpaired) electrons. The van der Waals surface area contributed by atoms with Gasteiger partial charge in [-0.2, -0.15) is 0 Å². The fourth-order valence-corrected chi connectivity index (χ4v) is 1.82. The summed E-state index contributed by atoms with van der Waals surface area (Å²) in [7, 11) is 0.658. The van der Waals surface area contributed by atoms with Crippen LogP contribution in [0.2, 0.25) is 0 Å². The SMILES string of the molecule is CC[PH2+]Cc1ccccc1.[Cl-]. The van der Waals surface area contributed by atoms with Crippen molar-refractivity contribution in [3.63, 3.8) is 0 Å². The van der Waals surface area contributed by atoms with Gasteiger partial charge in [-0.05, 0) is 21.1 Å². The van der Waals surface area contributed by atoms with E-state index in [0.29, 0.717) is 8.58 Å². The molecule has 0 amide bonds. The normalized spacial score (nSPS) is 9.91. The summed E-state index contributed by atoms with van der Waals surface area (Å²) in [6.45, 7) is 2.26. The zero-order valence-corrected chi connectivity index (χ0v) is 8.67. The maximum absolute atomic E-state index is 2.26. The van der Waals surface area contributed by atoms with E-state index in [2.05, 4.69) is 37.3 Å². The Bertz CT molecular complexity index is 174. The summed E-state index contributed by atoms with van der Waals surface area (Å²) in [6, 6.07) is 10.7. The molecule has 0 heterocycles. The largest absolute Gasteiger partial charge is 1.00 e. The van der Waals surface area contributed by atoms with Gasteiger partial charge >= 0.3 is 0 Å². The molecule has 1 aromatic carbocycles. The van der Waals surface area contributed by atoms with E-state index >= 15 is 0 Å². The van der Waals surface area contributed by atoms with Gasteiger partial charge in [0.2, 0.25) is 0 Å². The van der Waals surface area contributed by atoms with Crippen LogP contribution in [0.5, 0.6) is 0 Å². The van der Waals surface area contributed by atoms with Gasteiger partial charge in [0.15, 0.2) is 0 Å². The van der Waals surface area contributed by atoms with Crippen molar-refractivity contribution in [1.29, 1.82) is 0 Å². The lowest BCUT2D eigenvalue weighted by atomic mass is 10.2. The predicted molar refractivity (Wildman–Crippen MR) is 50.4 cm³/mol. The third-order valence-corrected chi connectivity index (χ3v) is 2.85. The van der Waals surface area contributed by atoms with Gasteiger partial charge in [0.1, 0.15) is 0 Å². The minimum absolute atomic E-state index is 0. The summed E-state index contributed by atoms with van der Waals surface area (Å²) in [5, 5.41) is 0. The number of hydrogen-bond acceptors (Lipinski definition) is 0. The van der Waals surface area contributed by atoms with Crippen LogP contribution in [0, 0.1) is 0 Å². The quantitative estimate of drug-likeness (QED) is 0.568. The van der Waals surface area contributed by atoms with Crippen molar-refractivity contribution >= 4 is 8.58 Å². The molecule has 0 saturated heterocycles. The molecular formula is C9H14ClP. The van der Waals surface area contributed by atoms with Crippen LogP contribution in [0.4, 0.5) is 0 Å². The average Bonchev–Trinajstić information content (AvgIpc) is 2.03. The summed E-state index contributed by atoms with van der Waals surface area (Å²) < 4.78 is 0. The molecule has 0 saturated carbocycles. The summed E-state index contributed by atoms with van der Waals surface area (Å²) in [4.78, 5) is 0. The zero-order chi connectivity index (χ0) is 7.23. The van der Waals surface area contributed by atoms with E-state index in [0.717, 1.165) is 0 Å². The van der Waals surface area contributed by atoms with Crippen LogP contribution in [0.25, 0.3) is 0 Å². The molecule has 0 aromatic heterocycles. The van der Waals surface area contributed by atoms with E-state index in [4.69, 9.17) is 0 Å². The molecule has 0 fully saturated rings. The Morgan fingerprint density at radius 2 is 1.82 bits per heavy atom. The van der Waals surface area contributed by atoms with E-state index in [1.165, 1.54) is 17.9 Å². The lowest BCUT2D eigenvalue weighted by Gasteiger charge is -1.91. The Kier molecular flexibility index (Phi) is 6.60. The Balaban J connectivity index is 0.000001000. The first-order valence-electron chi connectivity index (χ1n) is 3.79. The Labute approximate surface area is 76.6 Å². The van der Waals surface area contributed by atoms with Gasteiger partial charge in [0.25, 0.3) is 0 Å². The first-order chi connectivity index (χ1) is 4.93. The Morgan fingerprint density at radius 1 is 1.18 bits per heavy atom. The van der Waals surface area contributed by atoms with E-state index in [1.54, 1.807) is 0 Å². The summed E-state index contributed by atoms with van der Waals surface area (Å²) in [5.41, 5.74) is 1.50. The fourth-order valence-electron chi connectivity index (χ4n) is 0.925. The van der Waals surface area contributed by atoms with Gasteiger partial charge in [0.05, 0.1) is 12.3 Å². The topological polar surface area (TPSA) is 0 Å². The monoisotopic (exact) mass is 188 g/mol. The molecule has 0 N–H and O–H groups in total. The van der Waals surface area contributed by atoms with Crippen molar-refractivity contribution in [3.8, 4) is 0 Å². The number of hydrogen-bond donors (Lipinski definition) is 0. The smallest absolute Gasteiger partial charge is 0.0797 e. The first kappa shape index (κ1) is 10.9. The molecule has 62 valence electrons. The zero-order valence-electron chi connectivity index (χ0n) is 6.76. The lowest BCUT2D eigenvalue weighted by molar-refractivity contribution is -0.00000207. The molecule has 11 heavy (non-hydrogen) atoms. The van der Waals surface area contributed by atoms with Crippen LogP contribution in [0.1, 0.15) is 12.5 Å². The van der Waals surface area contributed by atoms with Crippen LogP contribution >= 0.6 is 8.58 Å². The highest BCUT2D eigenvalue weighted by Gasteiger charge is 1.92. The van der Waals surface area contributed by atoms with Gasteiger partial charge in [-0.1, -0.05) is 30.3 Å². The van der Waals surface area contributed by atoms with Crippen molar-refractivity contribution in [1.82, 2.24) is 0 Å². The van der Waals surface area contributed by atoms with Crippen molar-refractivity contribution in [2.24, 2.45) is 0 Å². The Morgan fingerprint density at radius 3 is 2.36 bits per heavy atom. The fraction of sp³-hybridized carbons (Fsp3) is 0.333. The molecule has 1 atom stereocenters. The van der Waals surface area contributed by atoms with Gasteiger partial charge in [-0.3, -0.25) is 0 Å². The standard InChI is InChI=1S/C9H13P.ClH/c1-2-10-8-9-6-4-3-5-7-9;/h3-7,10H,2,8H2,1H3;1H. The molecule has 0 aliphatic rings. The molecule has 1 rings (SSSR count). The van der Waals surface area contributed by atoms with Crippen molar-refractivity contribution in [2.45, 2.75) is 13.1 Å². The van der Waals surface area contributed by atoms with E-state index in [9.17, 15) is 0 Å². The second-order valence-corrected chi connectivity index (χ2v) is 4.19. The molecule has 1 unspecified atom stereocenters. The van der Waals surface area contributed by atoms with Crippen LogP contribution in [-0.2, 0) is 6.16 Å². The van der Waals surface area contributed by atoms with Crippen molar-refractivity contribution in [3.05, 3.63) is 35.9 Å². The third-order valence-electron chi connectivity index (χ3n) is 1.51. The Hall–Kier alpha value is -0.0600. The average molecular weight is 189 g/mol. The van der Waals surface area contributed by atoms with E-state index in [1.807, 2.05) is 0 Å². The minimum Gasteiger partial charge on any atom is -1.00 e. The summed E-state index contributed by atoms with van der Waals surface area (Å²) >= 11 is 0. The third kappa shape index (κ3) is 4.40. The predicted octanol–water partition coefficient (Wildman–Crippen LogP) is -0.379. The highest BCUT2D eigenvalue weighted by atomic mass is 35.5. The number of benzene rings is 1. The molecule has 0 aliphatic carbocycles. The van der Waals surface area contributed by atoms with Gasteiger partial charge in [-0.15, -0.1) is 0 Å². The first-order valence-corrected chi connectivity index (χ1v) is 5.42. The van der Waals surface area contributed by atoms with Gasteiger partial charge < -0.3 is 12.4 Å². The molecule has 1 aromatic rings. The maximum Gasteiger partial charge on any atom is 0.0797 e. The maximum atomic E-state index is 2.26. The molecule has 0 nitrogen and oxygen atoms in total. The van der Waals surface area contributed by atoms with Crippen LogP contribution in [0.3, 0.4) is 0 Å². The lowest BCUT2D eigenvalue weighted by Crippen LogP contribution is -3.00. The van der Waals surface area contributed by atoms with E-state index in [-0.39, 0.29) is 12.4 Å². The highest BCUT2D eigenvalue weighted by Crippen LogP contribution is 2.16. The molecule has 0 spiro atoms. The minimum atomic E-state index is 0. The van der Waals surface area contributed by atoms with Crippen LogP contribution in [0.15, 0.2) is 30.3 Å². The molecule has 0 bridgehead atoms. The van der Waals surface area contributed by atoms with Gasteiger partial charge in [-0.25, -0.2) is 0 Å². The number of rotatable bonds is 3. The second-order valence-electron chi connectivity index (χ2n) is 2.39. The molecule has 0 aliphatic heterocycles. The van der Waals surface area contributed by atoms with Crippen molar-refractivity contribution < 1.29 is 12.4 Å². The summed E-state index contributed by atoms with van der Waals surface area (Å²) in [6.07, 6.45) is 2.69. The molecule has 2 heteroatoms. The molecular weight excluding hydrogens is 175 g/mol. The van der Waals surface area contributed by atoms with Gasteiger partial charge in [0, 0.05) is 0 Å². The van der Waals surface area contributed by atoms with E-state index < -0.39 is 0 Å².